The van der Waals surface area contributed by atoms with Gasteiger partial charge in [-0.2, -0.15) is 13.2 Å². The quantitative estimate of drug-likeness (QED) is 0.299. The molecule has 132 valence electrons. The zero-order valence-electron chi connectivity index (χ0n) is 13.1. The first-order valence-electron chi connectivity index (χ1n) is 7.62. The lowest BCUT2D eigenvalue weighted by Crippen LogP contribution is -2.07. The highest BCUT2D eigenvalue weighted by Crippen LogP contribution is 2.45. The van der Waals surface area contributed by atoms with Crippen molar-refractivity contribution < 1.29 is 13.2 Å². The van der Waals surface area contributed by atoms with Crippen LogP contribution in [0, 0.1) is 0 Å². The molecule has 3 heterocycles. The van der Waals surface area contributed by atoms with Gasteiger partial charge in [-0.15, -0.1) is 22.7 Å². The summed E-state index contributed by atoms with van der Waals surface area (Å²) in [7, 11) is 0. The first-order chi connectivity index (χ1) is 12.4. The maximum atomic E-state index is 13.8. The van der Waals surface area contributed by atoms with Gasteiger partial charge in [-0.05, 0) is 53.2 Å². The van der Waals surface area contributed by atoms with Gasteiger partial charge in [0.25, 0.3) is 0 Å². The molecule has 7 heteroatoms. The Morgan fingerprint density at radius 2 is 1.46 bits per heavy atom. The minimum absolute atomic E-state index is 0.179. The van der Waals surface area contributed by atoms with Gasteiger partial charge in [-0.1, -0.05) is 28.1 Å². The lowest BCUT2D eigenvalue weighted by atomic mass is 10.2. The van der Waals surface area contributed by atoms with Crippen LogP contribution in [0.3, 0.4) is 0 Å². The van der Waals surface area contributed by atoms with Crippen LogP contribution in [0.2, 0.25) is 0 Å². The number of halogens is 4. The summed E-state index contributed by atoms with van der Waals surface area (Å²) in [6.45, 7) is 0. The Morgan fingerprint density at radius 3 is 2.00 bits per heavy atom. The molecule has 0 amide bonds. The number of aromatic nitrogens is 1. The molecular formula is C19H11BrF3NS2. The Labute approximate surface area is 164 Å². The fourth-order valence-electron chi connectivity index (χ4n) is 2.85. The van der Waals surface area contributed by atoms with E-state index in [0.717, 1.165) is 9.35 Å². The average molecular weight is 454 g/mol. The Morgan fingerprint density at radius 1 is 0.846 bits per heavy atom. The second-order valence-electron chi connectivity index (χ2n) is 5.56. The molecule has 26 heavy (non-hydrogen) atoms. The largest absolute Gasteiger partial charge is 0.418 e. The van der Waals surface area contributed by atoms with Crippen LogP contribution in [-0.2, 0) is 6.18 Å². The number of hydrogen-bond donors (Lipinski definition) is 0. The maximum absolute atomic E-state index is 13.8. The Balaban J connectivity index is 2.09. The molecule has 3 aromatic heterocycles. The molecule has 0 spiro atoms. The van der Waals surface area contributed by atoms with Gasteiger partial charge in [0.2, 0.25) is 0 Å². The first kappa shape index (κ1) is 17.6. The molecule has 0 atom stereocenters. The molecule has 0 aliphatic rings. The van der Waals surface area contributed by atoms with Crippen LogP contribution in [0.4, 0.5) is 13.2 Å². The summed E-state index contributed by atoms with van der Waals surface area (Å²) in [5.74, 6) is 0. The van der Waals surface area contributed by atoms with Gasteiger partial charge in [0.1, 0.15) is 0 Å². The van der Waals surface area contributed by atoms with Crippen LogP contribution in [0.1, 0.15) is 5.56 Å². The predicted molar refractivity (Wildman–Crippen MR) is 105 cm³/mol. The highest BCUT2D eigenvalue weighted by Gasteiger charge is 2.38. The number of nitrogens with zero attached hydrogens (tertiary/aromatic N) is 1. The van der Waals surface area contributed by atoms with Gasteiger partial charge in [-0.3, -0.25) is 0 Å². The molecule has 0 aliphatic carbocycles. The van der Waals surface area contributed by atoms with E-state index in [1.807, 2.05) is 41.8 Å². The molecule has 0 unspecified atom stereocenters. The topological polar surface area (TPSA) is 4.93 Å². The molecule has 0 N–H and O–H groups in total. The van der Waals surface area contributed by atoms with E-state index in [1.54, 1.807) is 22.1 Å². The molecule has 0 aliphatic heterocycles. The number of benzene rings is 1. The van der Waals surface area contributed by atoms with Gasteiger partial charge in [0.15, 0.2) is 0 Å². The van der Waals surface area contributed by atoms with E-state index in [0.29, 0.717) is 16.3 Å². The maximum Gasteiger partial charge on any atom is 0.418 e. The van der Waals surface area contributed by atoms with Gasteiger partial charge >= 0.3 is 6.18 Å². The normalized spacial score (nSPS) is 11.8. The second-order valence-corrected chi connectivity index (χ2v) is 8.37. The zero-order chi connectivity index (χ0) is 18.3. The molecule has 4 rings (SSSR count). The molecule has 0 fully saturated rings. The molecule has 1 nitrogen and oxygen atoms in total. The van der Waals surface area contributed by atoms with Gasteiger partial charge < -0.3 is 4.57 Å². The van der Waals surface area contributed by atoms with Gasteiger partial charge in [0, 0.05) is 10.2 Å². The number of alkyl halides is 3. The van der Waals surface area contributed by atoms with Crippen LogP contribution in [0.25, 0.3) is 26.8 Å². The van der Waals surface area contributed by atoms with Crippen molar-refractivity contribution in [3.8, 4) is 26.8 Å². The van der Waals surface area contributed by atoms with Crippen molar-refractivity contribution in [2.75, 3.05) is 0 Å². The van der Waals surface area contributed by atoms with Crippen molar-refractivity contribution in [2.45, 2.75) is 6.18 Å². The van der Waals surface area contributed by atoms with E-state index in [2.05, 4.69) is 15.9 Å². The number of rotatable bonds is 3. The van der Waals surface area contributed by atoms with E-state index in [9.17, 15) is 13.2 Å². The van der Waals surface area contributed by atoms with Crippen LogP contribution < -0.4 is 0 Å². The van der Waals surface area contributed by atoms with Crippen molar-refractivity contribution in [2.24, 2.45) is 0 Å². The summed E-state index contributed by atoms with van der Waals surface area (Å²) in [6.07, 6.45) is -4.44. The van der Waals surface area contributed by atoms with Gasteiger partial charge in [0.05, 0.1) is 26.7 Å². The third kappa shape index (κ3) is 3.15. The van der Waals surface area contributed by atoms with Crippen molar-refractivity contribution in [3.05, 3.63) is 75.4 Å². The molecule has 1 aromatic carbocycles. The summed E-state index contributed by atoms with van der Waals surface area (Å²) in [5.41, 5.74) is 0.790. The minimum atomic E-state index is -4.44. The molecule has 4 aromatic rings. The zero-order valence-corrected chi connectivity index (χ0v) is 16.3. The standard InChI is InChI=1S/C19H11BrF3NS2/c20-12-5-7-13(8-6-12)24-15(16-3-1-9-25-16)11-14(19(21,22)23)18(24)17-4-2-10-26-17/h1-11H. The van der Waals surface area contributed by atoms with Crippen LogP contribution >= 0.6 is 38.6 Å². The molecule has 0 saturated heterocycles. The summed E-state index contributed by atoms with van der Waals surface area (Å²) in [4.78, 5) is 1.38. The lowest BCUT2D eigenvalue weighted by Gasteiger charge is -2.14. The fourth-order valence-corrected chi connectivity index (χ4v) is 4.62. The number of thiophene rings is 2. The van der Waals surface area contributed by atoms with Crippen LogP contribution in [0.15, 0.2) is 69.8 Å². The average Bonchev–Trinajstić information content (AvgIpc) is 3.33. The molecule has 0 radical (unpaired) electrons. The fraction of sp³-hybridized carbons (Fsp3) is 0.0526. The van der Waals surface area contributed by atoms with Crippen molar-refractivity contribution in [1.29, 1.82) is 0 Å². The monoisotopic (exact) mass is 453 g/mol. The molecule has 0 saturated carbocycles. The van der Waals surface area contributed by atoms with E-state index in [1.165, 1.54) is 28.7 Å². The third-order valence-electron chi connectivity index (χ3n) is 3.92. The van der Waals surface area contributed by atoms with Crippen molar-refractivity contribution in [3.63, 3.8) is 0 Å². The number of hydrogen-bond acceptors (Lipinski definition) is 2. The third-order valence-corrected chi connectivity index (χ3v) is 6.22. The van der Waals surface area contributed by atoms with E-state index < -0.39 is 11.7 Å². The summed E-state index contributed by atoms with van der Waals surface area (Å²) in [6, 6.07) is 15.7. The molecular weight excluding hydrogens is 443 g/mol. The lowest BCUT2D eigenvalue weighted by molar-refractivity contribution is -0.137. The Kier molecular flexibility index (Phi) is 4.54. The molecule has 0 bridgehead atoms. The first-order valence-corrected chi connectivity index (χ1v) is 10.2. The van der Waals surface area contributed by atoms with Crippen molar-refractivity contribution >= 4 is 38.6 Å². The summed E-state index contributed by atoms with van der Waals surface area (Å²) < 4.78 is 44.1. The minimum Gasteiger partial charge on any atom is -0.307 e. The van der Waals surface area contributed by atoms with Crippen LogP contribution in [-0.4, -0.2) is 4.57 Å². The highest BCUT2D eigenvalue weighted by atomic mass is 79.9. The smallest absolute Gasteiger partial charge is 0.307 e. The van der Waals surface area contributed by atoms with Crippen molar-refractivity contribution in [1.82, 2.24) is 4.57 Å². The van der Waals surface area contributed by atoms with Gasteiger partial charge in [-0.25, -0.2) is 0 Å². The highest BCUT2D eigenvalue weighted by molar-refractivity contribution is 9.10. The van der Waals surface area contributed by atoms with E-state index in [-0.39, 0.29) is 5.69 Å². The summed E-state index contributed by atoms with van der Waals surface area (Å²) >= 11 is 6.11. The van der Waals surface area contributed by atoms with E-state index in [4.69, 9.17) is 0 Å². The Bertz CT molecular complexity index is 1010. The van der Waals surface area contributed by atoms with E-state index >= 15 is 0 Å². The second kappa shape index (κ2) is 6.72. The summed E-state index contributed by atoms with van der Waals surface area (Å²) in [5, 5.41) is 3.66. The Hall–Kier alpha value is -1.83. The van der Waals surface area contributed by atoms with Crippen LogP contribution in [0.5, 0.6) is 0 Å². The SMILES string of the molecule is FC(F)(F)c1cc(-c2cccs2)n(-c2ccc(Br)cc2)c1-c1cccs1. The predicted octanol–water partition coefficient (Wildman–Crippen LogP) is 7.72.